The van der Waals surface area contributed by atoms with Crippen LogP contribution in [0.2, 0.25) is 0 Å². The summed E-state index contributed by atoms with van der Waals surface area (Å²) >= 11 is 0. The van der Waals surface area contributed by atoms with E-state index in [1.54, 1.807) is 12.0 Å². The molecule has 8 bridgehead atoms. The molecular weight excluding hydrogens is 348 g/mol. The van der Waals surface area contributed by atoms with Crippen molar-refractivity contribution >= 4 is 0 Å². The molecule has 0 amide bonds. The number of fused-ring (bicyclic) bond motifs is 21. The maximum Gasteiger partial charge on any atom is -0.0163 e. The smallest absolute Gasteiger partial charge is 0.0163 e. The lowest BCUT2D eigenvalue weighted by Crippen LogP contribution is -2.34. The van der Waals surface area contributed by atoms with E-state index >= 15 is 0 Å². The molecule has 9 aliphatic rings. The maximum absolute atomic E-state index is 2.57. The quantitative estimate of drug-likeness (QED) is 0.323. The molecular formula is C29H36. The van der Waals surface area contributed by atoms with E-state index in [4.69, 9.17) is 0 Å². The fourth-order valence-corrected chi connectivity index (χ4v) is 11.4. The van der Waals surface area contributed by atoms with Gasteiger partial charge in [-0.15, -0.1) is 0 Å². The lowest BCUT2D eigenvalue weighted by molar-refractivity contribution is 0.121. The summed E-state index contributed by atoms with van der Waals surface area (Å²) in [5.41, 5.74) is 1.80. The Labute approximate surface area is 176 Å². The normalized spacial score (nSPS) is 63.6. The highest BCUT2D eigenvalue weighted by atomic mass is 14.7. The molecule has 14 unspecified atom stereocenters. The third-order valence-electron chi connectivity index (χ3n) is 11.9. The first-order valence-corrected chi connectivity index (χ1v) is 13.0. The molecule has 152 valence electrons. The molecule has 0 spiro atoms. The van der Waals surface area contributed by atoms with Crippen molar-refractivity contribution in [1.29, 1.82) is 0 Å². The Kier molecular flexibility index (Phi) is 3.21. The highest BCUT2D eigenvalue weighted by Crippen LogP contribution is 2.70. The Hall–Kier alpha value is -1.04. The van der Waals surface area contributed by atoms with Gasteiger partial charge in [0, 0.05) is 0 Å². The van der Waals surface area contributed by atoms with Gasteiger partial charge in [-0.1, -0.05) is 48.1 Å². The van der Waals surface area contributed by atoms with Crippen LogP contribution >= 0.6 is 0 Å². The molecule has 0 heterocycles. The van der Waals surface area contributed by atoms with Crippen molar-refractivity contribution in [3.05, 3.63) is 48.1 Å². The second-order valence-corrected chi connectivity index (χ2v) is 12.3. The van der Waals surface area contributed by atoms with Crippen LogP contribution in [0.15, 0.2) is 48.1 Å². The van der Waals surface area contributed by atoms with Crippen LogP contribution < -0.4 is 0 Å². The minimum Gasteiger partial charge on any atom is -0.0882 e. The van der Waals surface area contributed by atoms with Crippen LogP contribution in [0.3, 0.4) is 0 Å². The van der Waals surface area contributed by atoms with Crippen molar-refractivity contribution in [1.82, 2.24) is 0 Å². The Morgan fingerprint density at radius 2 is 1.38 bits per heavy atom. The van der Waals surface area contributed by atoms with Gasteiger partial charge in [-0.25, -0.2) is 0 Å². The number of hydrogen-bond donors (Lipinski definition) is 0. The lowest BCUT2D eigenvalue weighted by atomic mass is 9.66. The van der Waals surface area contributed by atoms with E-state index in [0.29, 0.717) is 0 Å². The molecule has 0 nitrogen and oxygen atoms in total. The third kappa shape index (κ3) is 1.94. The second kappa shape index (κ2) is 5.60. The Balaban J connectivity index is 0.0000000996. The summed E-state index contributed by atoms with van der Waals surface area (Å²) < 4.78 is 0. The molecule has 0 aliphatic heterocycles. The summed E-state index contributed by atoms with van der Waals surface area (Å²) in [6.45, 7) is 2.24. The summed E-state index contributed by atoms with van der Waals surface area (Å²) in [4.78, 5) is 0. The number of hydrogen-bond acceptors (Lipinski definition) is 0. The van der Waals surface area contributed by atoms with Crippen LogP contribution in [-0.2, 0) is 0 Å². The first kappa shape index (κ1) is 16.6. The average molecular weight is 385 g/mol. The first-order valence-electron chi connectivity index (χ1n) is 13.0. The molecule has 0 N–H and O–H groups in total. The van der Waals surface area contributed by atoms with Gasteiger partial charge in [-0.05, 0) is 128 Å². The SMILES string of the molecule is C/C=C1\CC2CC1C1C3C=CC(C3)C21.C1=CC2C(C1)C1CC2C2C3C=CC(C3)C12. The average Bonchev–Trinajstić information content (AvgIpc) is 3.60. The van der Waals surface area contributed by atoms with E-state index < -0.39 is 0 Å². The molecule has 0 saturated heterocycles. The summed E-state index contributed by atoms with van der Waals surface area (Å²) in [7, 11) is 0. The van der Waals surface area contributed by atoms with E-state index in [-0.39, 0.29) is 0 Å². The zero-order valence-corrected chi connectivity index (χ0v) is 17.9. The molecule has 14 atom stereocenters. The minimum absolute atomic E-state index is 0.968. The predicted molar refractivity (Wildman–Crippen MR) is 118 cm³/mol. The lowest BCUT2D eigenvalue weighted by Gasteiger charge is -2.38. The zero-order chi connectivity index (χ0) is 18.9. The van der Waals surface area contributed by atoms with E-state index in [1.165, 1.54) is 32.1 Å². The van der Waals surface area contributed by atoms with Crippen molar-refractivity contribution in [3.8, 4) is 0 Å². The second-order valence-electron chi connectivity index (χ2n) is 12.3. The molecule has 0 aromatic rings. The molecule has 0 heteroatoms. The number of allylic oxidation sites excluding steroid dienone is 8. The van der Waals surface area contributed by atoms with E-state index in [9.17, 15) is 0 Å². The topological polar surface area (TPSA) is 0 Å². The highest BCUT2D eigenvalue weighted by molar-refractivity contribution is 5.29. The van der Waals surface area contributed by atoms with Gasteiger partial charge in [-0.2, -0.15) is 0 Å². The Morgan fingerprint density at radius 1 is 0.690 bits per heavy atom. The summed E-state index contributed by atoms with van der Waals surface area (Å²) in [5, 5.41) is 0. The van der Waals surface area contributed by atoms with Gasteiger partial charge in [0.15, 0.2) is 0 Å². The summed E-state index contributed by atoms with van der Waals surface area (Å²) in [6, 6.07) is 0. The van der Waals surface area contributed by atoms with Crippen molar-refractivity contribution in [3.63, 3.8) is 0 Å². The third-order valence-corrected chi connectivity index (χ3v) is 11.9. The van der Waals surface area contributed by atoms with Crippen molar-refractivity contribution < 1.29 is 0 Å². The molecule has 0 aromatic heterocycles. The standard InChI is InChI=1S/C15H18.C14H18/c1-2-10-11(3-1)13-7-12(10)14-8-4-5-9(6-8)15(13)14;1-2-8-5-11-7-12(8)14-10-4-3-9(6-10)13(11)14/h1-2,4-5,8-15H,3,6-7H2;2-4,9-14H,5-7H2,1H3/b;8-2+. The van der Waals surface area contributed by atoms with Gasteiger partial charge in [-0.3, -0.25) is 0 Å². The molecule has 6 fully saturated rings. The van der Waals surface area contributed by atoms with Gasteiger partial charge in [0.1, 0.15) is 0 Å². The van der Waals surface area contributed by atoms with Crippen LogP contribution in [0.1, 0.15) is 45.4 Å². The summed E-state index contributed by atoms with van der Waals surface area (Å²) in [5.74, 6) is 14.7. The first-order chi connectivity index (χ1) is 14.3. The Bertz CT molecular complexity index is 855. The van der Waals surface area contributed by atoms with Gasteiger partial charge >= 0.3 is 0 Å². The predicted octanol–water partition coefficient (Wildman–Crippen LogP) is 6.68. The number of rotatable bonds is 0. The van der Waals surface area contributed by atoms with Gasteiger partial charge in [0.2, 0.25) is 0 Å². The minimum atomic E-state index is 0.968. The monoisotopic (exact) mass is 384 g/mol. The van der Waals surface area contributed by atoms with Crippen LogP contribution in [0.5, 0.6) is 0 Å². The highest BCUT2D eigenvalue weighted by Gasteiger charge is 2.64. The van der Waals surface area contributed by atoms with Crippen LogP contribution in [0.25, 0.3) is 0 Å². The maximum atomic E-state index is 2.57. The van der Waals surface area contributed by atoms with E-state index in [1.807, 2.05) is 0 Å². The summed E-state index contributed by atoms with van der Waals surface area (Å²) in [6.07, 6.45) is 26.6. The van der Waals surface area contributed by atoms with Crippen LogP contribution in [-0.4, -0.2) is 0 Å². The molecule has 29 heavy (non-hydrogen) atoms. The zero-order valence-electron chi connectivity index (χ0n) is 17.9. The van der Waals surface area contributed by atoms with Crippen LogP contribution in [0, 0.1) is 82.9 Å². The molecule has 0 radical (unpaired) electrons. The van der Waals surface area contributed by atoms with Gasteiger partial charge in [0.25, 0.3) is 0 Å². The Morgan fingerprint density at radius 3 is 2.14 bits per heavy atom. The molecule has 0 aromatic carbocycles. The van der Waals surface area contributed by atoms with E-state index in [2.05, 4.69) is 49.5 Å². The van der Waals surface area contributed by atoms with E-state index in [0.717, 1.165) is 82.9 Å². The van der Waals surface area contributed by atoms with Gasteiger partial charge in [0.05, 0.1) is 0 Å². The molecule has 9 rings (SSSR count). The van der Waals surface area contributed by atoms with Crippen molar-refractivity contribution in [2.24, 2.45) is 82.9 Å². The molecule has 6 saturated carbocycles. The van der Waals surface area contributed by atoms with Gasteiger partial charge < -0.3 is 0 Å². The van der Waals surface area contributed by atoms with Crippen molar-refractivity contribution in [2.75, 3.05) is 0 Å². The fourth-order valence-electron chi connectivity index (χ4n) is 11.4. The van der Waals surface area contributed by atoms with Crippen LogP contribution in [0.4, 0.5) is 0 Å². The largest absolute Gasteiger partial charge is 0.0882 e. The van der Waals surface area contributed by atoms with Crippen molar-refractivity contribution in [2.45, 2.75) is 45.4 Å². The molecule has 9 aliphatic carbocycles. The fraction of sp³-hybridized carbons (Fsp3) is 0.724.